The van der Waals surface area contributed by atoms with Gasteiger partial charge >= 0.3 is 0 Å². The van der Waals surface area contributed by atoms with Crippen LogP contribution in [0.25, 0.3) is 0 Å². The fourth-order valence-corrected chi connectivity index (χ4v) is 12.3. The predicted molar refractivity (Wildman–Crippen MR) is 192 cm³/mol. The maximum atomic E-state index is 11.1. The second kappa shape index (κ2) is 12.0. The highest BCUT2D eigenvalue weighted by atomic mass is 16.5. The highest BCUT2D eigenvalue weighted by Crippen LogP contribution is 2.72. The smallest absolute Gasteiger partial charge is 0.0720 e. The van der Waals surface area contributed by atoms with Crippen molar-refractivity contribution in [1.82, 2.24) is 0 Å². The minimum Gasteiger partial charge on any atom is -0.396 e. The van der Waals surface area contributed by atoms with E-state index < -0.39 is 6.10 Å². The van der Waals surface area contributed by atoms with E-state index in [1.807, 2.05) is 6.07 Å². The summed E-state index contributed by atoms with van der Waals surface area (Å²) in [5, 5.41) is 25.1. The van der Waals surface area contributed by atoms with Crippen molar-refractivity contribution in [2.45, 2.75) is 125 Å². The maximum Gasteiger partial charge on any atom is 0.0720 e. The zero-order valence-corrected chi connectivity index (χ0v) is 30.0. The van der Waals surface area contributed by atoms with Crippen LogP contribution < -0.4 is 5.32 Å². The van der Waals surface area contributed by atoms with Gasteiger partial charge in [0.05, 0.1) is 25.4 Å². The van der Waals surface area contributed by atoms with Crippen LogP contribution in [0.4, 0.5) is 5.69 Å². The number of ether oxygens (including phenoxy) is 1. The molecule has 4 heteroatoms. The Morgan fingerprint density at radius 2 is 1.43 bits per heavy atom. The minimum absolute atomic E-state index is 0.0921. The summed E-state index contributed by atoms with van der Waals surface area (Å²) in [6.07, 6.45) is 12.8. The first-order chi connectivity index (χ1) is 22.3. The van der Waals surface area contributed by atoms with Gasteiger partial charge in [0, 0.05) is 23.1 Å². The fraction of sp³-hybridized carbons (Fsp3) is 0.674. The van der Waals surface area contributed by atoms with E-state index in [2.05, 4.69) is 101 Å². The summed E-state index contributed by atoms with van der Waals surface area (Å²) in [6, 6.07) is 19.4. The van der Waals surface area contributed by atoms with Gasteiger partial charge < -0.3 is 20.3 Å². The number of aliphatic hydroxyl groups excluding tert-OH is 2. The molecule has 4 saturated carbocycles. The fourth-order valence-electron chi connectivity index (χ4n) is 12.3. The summed E-state index contributed by atoms with van der Waals surface area (Å²) in [6.45, 7) is 16.4. The number of hydrogen-bond acceptors (Lipinski definition) is 4. The molecule has 0 radical (unpaired) electrons. The molecule has 2 aromatic rings. The topological polar surface area (TPSA) is 61.7 Å². The first-order valence-electron chi connectivity index (χ1n) is 18.8. The third-order valence-electron chi connectivity index (χ3n) is 15.1. The Morgan fingerprint density at radius 1 is 0.745 bits per heavy atom. The molecule has 7 rings (SSSR count). The molecule has 0 aromatic heterocycles. The Kier molecular flexibility index (Phi) is 8.53. The molecule has 47 heavy (non-hydrogen) atoms. The molecular weight excluding hydrogens is 578 g/mol. The van der Waals surface area contributed by atoms with Crippen LogP contribution >= 0.6 is 0 Å². The minimum atomic E-state index is -0.393. The number of allylic oxidation sites excluding steroid dienone is 2. The molecule has 3 N–H and O–H groups in total. The summed E-state index contributed by atoms with van der Waals surface area (Å²) >= 11 is 0. The average molecular weight is 640 g/mol. The summed E-state index contributed by atoms with van der Waals surface area (Å²) in [5.74, 6) is 2.20. The number of rotatable bonds is 7. The van der Waals surface area contributed by atoms with Crippen LogP contribution in [0, 0.1) is 50.7 Å². The number of anilines is 1. The molecule has 4 fully saturated rings. The number of benzene rings is 2. The van der Waals surface area contributed by atoms with Crippen LogP contribution in [-0.2, 0) is 17.9 Å². The molecule has 0 bridgehead atoms. The molecule has 0 saturated heterocycles. The Labute approximate surface area is 284 Å². The van der Waals surface area contributed by atoms with Gasteiger partial charge in [-0.15, -0.1) is 0 Å². The van der Waals surface area contributed by atoms with Gasteiger partial charge in [0.25, 0.3) is 0 Å². The molecule has 0 spiro atoms. The predicted octanol–water partition coefficient (Wildman–Crippen LogP) is 9.56. The Morgan fingerprint density at radius 3 is 2.15 bits per heavy atom. The van der Waals surface area contributed by atoms with Crippen molar-refractivity contribution in [3.8, 4) is 0 Å². The number of fused-ring (bicyclic) bond motifs is 7. The number of para-hydroxylation sites is 1. The standard InChI is InChI=1S/C43H61NO3/c1-39(2)24-34-32-16-17-35-40(3,22-19-36-42(35,5)23-20-37(46)43(36,6)28-45)33(32)18-21-41(34,4)38(25-39)47-27-30-14-12-29(13-15-30)26-44-31-10-8-7-9-11-31/h7-16,33-38,44-46H,17-28H2,1-6H3/t33?,34-,35?,36?,37-,38+,40-,41+,42+,43+/m0/s1. The van der Waals surface area contributed by atoms with E-state index in [9.17, 15) is 10.2 Å². The molecule has 2 aromatic carbocycles. The number of hydrogen-bond donors (Lipinski definition) is 3. The van der Waals surface area contributed by atoms with E-state index in [1.54, 1.807) is 5.57 Å². The molecule has 3 unspecified atom stereocenters. The highest BCUT2D eigenvalue weighted by molar-refractivity contribution is 5.43. The van der Waals surface area contributed by atoms with Gasteiger partial charge in [-0.2, -0.15) is 0 Å². The third kappa shape index (κ3) is 5.53. The van der Waals surface area contributed by atoms with Crippen molar-refractivity contribution < 1.29 is 14.9 Å². The molecule has 0 heterocycles. The van der Waals surface area contributed by atoms with Crippen LogP contribution in [0.3, 0.4) is 0 Å². The first-order valence-corrected chi connectivity index (χ1v) is 18.8. The lowest BCUT2D eigenvalue weighted by molar-refractivity contribution is -0.205. The van der Waals surface area contributed by atoms with Crippen LogP contribution in [0.5, 0.6) is 0 Å². The lowest BCUT2D eigenvalue weighted by Gasteiger charge is -2.68. The number of aliphatic hydroxyl groups is 2. The van der Waals surface area contributed by atoms with Gasteiger partial charge in [-0.1, -0.05) is 95.7 Å². The van der Waals surface area contributed by atoms with Crippen LogP contribution in [0.1, 0.15) is 110 Å². The van der Waals surface area contributed by atoms with E-state index in [-0.39, 0.29) is 39.8 Å². The van der Waals surface area contributed by atoms with Crippen LogP contribution in [0.2, 0.25) is 0 Å². The quantitative estimate of drug-likeness (QED) is 0.264. The van der Waals surface area contributed by atoms with Gasteiger partial charge in [-0.25, -0.2) is 0 Å². The van der Waals surface area contributed by atoms with E-state index >= 15 is 0 Å². The second-order valence-corrected chi connectivity index (χ2v) is 18.4. The van der Waals surface area contributed by atoms with E-state index in [1.165, 1.54) is 36.8 Å². The van der Waals surface area contributed by atoms with Crippen LogP contribution in [-0.4, -0.2) is 29.0 Å². The van der Waals surface area contributed by atoms with Crippen molar-refractivity contribution >= 4 is 5.69 Å². The first kappa shape index (κ1) is 33.4. The van der Waals surface area contributed by atoms with Crippen LogP contribution in [0.15, 0.2) is 66.2 Å². The summed E-state index contributed by atoms with van der Waals surface area (Å²) in [5.41, 5.74) is 5.91. The normalized spacial score (nSPS) is 42.3. The molecule has 10 atom stereocenters. The molecule has 5 aliphatic rings. The molecule has 4 nitrogen and oxygen atoms in total. The van der Waals surface area contributed by atoms with Crippen molar-refractivity contribution in [2.24, 2.45) is 50.7 Å². The molecule has 0 aliphatic heterocycles. The monoisotopic (exact) mass is 639 g/mol. The lowest BCUT2D eigenvalue weighted by Crippen LogP contribution is -2.63. The highest BCUT2D eigenvalue weighted by Gasteiger charge is 2.66. The molecule has 0 amide bonds. The van der Waals surface area contributed by atoms with Crippen molar-refractivity contribution in [2.75, 3.05) is 11.9 Å². The van der Waals surface area contributed by atoms with E-state index in [0.717, 1.165) is 44.3 Å². The van der Waals surface area contributed by atoms with Gasteiger partial charge in [0.15, 0.2) is 0 Å². The van der Waals surface area contributed by atoms with Gasteiger partial charge in [-0.3, -0.25) is 0 Å². The zero-order chi connectivity index (χ0) is 33.2. The van der Waals surface area contributed by atoms with Gasteiger partial charge in [0.1, 0.15) is 0 Å². The SMILES string of the molecule is CC1(C)C[C@@H](OCc2ccc(CNc3ccccc3)cc2)[C@]2(C)CCC3C(=CCC4[C@@]3(C)CCC3[C@]4(C)CC[C@H](O)[C@]3(C)CO)[C@@H]2C1. The zero-order valence-electron chi connectivity index (χ0n) is 30.0. The average Bonchev–Trinajstić information content (AvgIpc) is 3.05. The second-order valence-electron chi connectivity index (χ2n) is 18.4. The van der Waals surface area contributed by atoms with Crippen molar-refractivity contribution in [3.63, 3.8) is 0 Å². The summed E-state index contributed by atoms with van der Waals surface area (Å²) in [7, 11) is 0. The third-order valence-corrected chi connectivity index (χ3v) is 15.1. The molecule has 5 aliphatic carbocycles. The number of nitrogens with one attached hydrogen (secondary N) is 1. The Hall–Kier alpha value is -2.14. The maximum absolute atomic E-state index is 11.1. The van der Waals surface area contributed by atoms with Gasteiger partial charge in [0.2, 0.25) is 0 Å². The Bertz CT molecular complexity index is 1450. The molecular formula is C43H61NO3. The van der Waals surface area contributed by atoms with Crippen molar-refractivity contribution in [1.29, 1.82) is 0 Å². The van der Waals surface area contributed by atoms with E-state index in [4.69, 9.17) is 4.74 Å². The van der Waals surface area contributed by atoms with Crippen molar-refractivity contribution in [3.05, 3.63) is 77.4 Å². The summed E-state index contributed by atoms with van der Waals surface area (Å²) in [4.78, 5) is 0. The van der Waals surface area contributed by atoms with E-state index in [0.29, 0.717) is 30.3 Å². The summed E-state index contributed by atoms with van der Waals surface area (Å²) < 4.78 is 7.00. The Balaban J connectivity index is 1.08. The van der Waals surface area contributed by atoms with Gasteiger partial charge in [-0.05, 0) is 121 Å². The lowest BCUT2D eigenvalue weighted by atomic mass is 9.37. The molecule has 256 valence electrons. The largest absolute Gasteiger partial charge is 0.396 e.